The van der Waals surface area contributed by atoms with Gasteiger partial charge in [-0.05, 0) is 0 Å². The van der Waals surface area contributed by atoms with E-state index in [1.54, 1.807) is 0 Å². The Morgan fingerprint density at radius 2 is 2.08 bits per heavy atom. The summed E-state index contributed by atoms with van der Waals surface area (Å²) in [6, 6.07) is -0.782. The third-order valence-corrected chi connectivity index (χ3v) is 2.44. The van der Waals surface area contributed by atoms with Crippen LogP contribution in [0.3, 0.4) is 0 Å². The summed E-state index contributed by atoms with van der Waals surface area (Å²) in [6.07, 6.45) is -3.11. The van der Waals surface area contributed by atoms with E-state index in [0.717, 1.165) is 0 Å². The van der Waals surface area contributed by atoms with Crippen LogP contribution in [0.5, 0.6) is 0 Å². The molecular formula is C6H9BO5. The van der Waals surface area contributed by atoms with Gasteiger partial charge in [0.1, 0.15) is 20.1 Å². The predicted octanol–water partition coefficient (Wildman–Crippen LogP) is -2.68. The highest BCUT2D eigenvalue weighted by Crippen LogP contribution is 2.42. The molecule has 0 aromatic rings. The summed E-state index contributed by atoms with van der Waals surface area (Å²) in [4.78, 5) is 0. The zero-order valence-electron chi connectivity index (χ0n) is 6.25. The lowest BCUT2D eigenvalue weighted by Crippen LogP contribution is -2.51. The van der Waals surface area contributed by atoms with E-state index in [9.17, 15) is 10.2 Å². The minimum Gasteiger partial charge on any atom is -0.393 e. The van der Waals surface area contributed by atoms with E-state index in [1.807, 2.05) is 0 Å². The predicted molar refractivity (Wildman–Crippen MR) is 37.3 cm³/mol. The van der Waals surface area contributed by atoms with Crippen LogP contribution in [-0.2, 0) is 9.47 Å². The minimum atomic E-state index is -1.44. The average molecular weight is 172 g/mol. The molecule has 0 saturated carbocycles. The van der Waals surface area contributed by atoms with Crippen molar-refractivity contribution in [2.24, 2.45) is 0 Å². The van der Waals surface area contributed by atoms with Gasteiger partial charge in [-0.2, -0.15) is 0 Å². The molecule has 0 spiro atoms. The minimum absolute atomic E-state index is 0.514. The van der Waals surface area contributed by atoms with Gasteiger partial charge in [0.2, 0.25) is 0 Å². The fraction of sp³-hybridized carbons (Fsp3) is 1.00. The largest absolute Gasteiger partial charge is 0.393 e. The van der Waals surface area contributed by atoms with Crippen LogP contribution in [0.1, 0.15) is 0 Å². The molecular weight excluding hydrogens is 163 g/mol. The third kappa shape index (κ3) is 0.764. The molecule has 2 radical (unpaired) electrons. The van der Waals surface area contributed by atoms with Gasteiger partial charge in [-0.3, -0.25) is 0 Å². The van der Waals surface area contributed by atoms with Crippen LogP contribution in [0, 0.1) is 0 Å². The van der Waals surface area contributed by atoms with Crippen molar-refractivity contribution in [1.29, 1.82) is 0 Å². The lowest BCUT2D eigenvalue weighted by molar-refractivity contribution is -0.252. The number of aliphatic hydroxyl groups excluding tert-OH is 3. The molecule has 0 amide bonds. The molecule has 5 nitrogen and oxygen atoms in total. The highest BCUT2D eigenvalue weighted by atomic mass is 16.7. The first-order valence-corrected chi connectivity index (χ1v) is 3.67. The van der Waals surface area contributed by atoms with Crippen LogP contribution >= 0.6 is 0 Å². The Labute approximate surface area is 70.3 Å². The van der Waals surface area contributed by atoms with E-state index in [0.29, 0.717) is 0 Å². The summed E-state index contributed by atoms with van der Waals surface area (Å²) in [5.74, 6) is 0. The number of fused-ring (bicyclic) bond motifs is 2. The van der Waals surface area contributed by atoms with Gasteiger partial charge < -0.3 is 24.8 Å². The van der Waals surface area contributed by atoms with E-state index < -0.39 is 36.7 Å². The van der Waals surface area contributed by atoms with Gasteiger partial charge in [-0.1, -0.05) is 0 Å². The monoisotopic (exact) mass is 172 g/mol. The summed E-state index contributed by atoms with van der Waals surface area (Å²) in [5.41, 5.74) is -1.44. The first-order valence-electron chi connectivity index (χ1n) is 3.67. The van der Waals surface area contributed by atoms with Crippen molar-refractivity contribution in [3.05, 3.63) is 0 Å². The van der Waals surface area contributed by atoms with Crippen molar-refractivity contribution >= 4 is 7.85 Å². The molecule has 2 saturated heterocycles. The lowest BCUT2D eigenvalue weighted by Gasteiger charge is -2.31. The van der Waals surface area contributed by atoms with Crippen molar-refractivity contribution in [2.45, 2.75) is 30.1 Å². The summed E-state index contributed by atoms with van der Waals surface area (Å²) in [5, 5.41) is 27.6. The smallest absolute Gasteiger partial charge is 0.189 e. The Kier molecular flexibility index (Phi) is 1.71. The third-order valence-electron chi connectivity index (χ3n) is 2.44. The fourth-order valence-electron chi connectivity index (χ4n) is 1.68. The van der Waals surface area contributed by atoms with Crippen molar-refractivity contribution in [2.75, 3.05) is 6.61 Å². The summed E-state index contributed by atoms with van der Waals surface area (Å²) >= 11 is 0. The number of hydrogen-bond acceptors (Lipinski definition) is 5. The Hall–Kier alpha value is -0.135. The van der Waals surface area contributed by atoms with E-state index >= 15 is 0 Å². The van der Waals surface area contributed by atoms with Crippen LogP contribution in [-0.4, -0.2) is 59.9 Å². The number of rotatable bonds is 1. The van der Waals surface area contributed by atoms with Gasteiger partial charge in [-0.25, -0.2) is 0 Å². The van der Waals surface area contributed by atoms with Crippen LogP contribution in [0.25, 0.3) is 0 Å². The highest BCUT2D eigenvalue weighted by Gasteiger charge is 2.64. The van der Waals surface area contributed by atoms with Crippen molar-refractivity contribution in [3.63, 3.8) is 0 Å². The van der Waals surface area contributed by atoms with Crippen molar-refractivity contribution in [1.82, 2.24) is 0 Å². The standard InChI is InChI=1S/C6H9BO5/c7-4-2-3(9)6(1-8,12-4)5(10)11-2/h2-5,8-10H,1H2/t2-,3+,4-,5-,6-/m1/s1. The van der Waals surface area contributed by atoms with E-state index in [-0.39, 0.29) is 0 Å². The molecule has 2 fully saturated rings. The zero-order chi connectivity index (χ0) is 8.93. The Morgan fingerprint density at radius 1 is 1.42 bits per heavy atom. The Balaban J connectivity index is 2.30. The van der Waals surface area contributed by atoms with Crippen LogP contribution in [0.2, 0.25) is 0 Å². The normalized spacial score (nSPS) is 57.9. The van der Waals surface area contributed by atoms with Gasteiger partial charge in [0.25, 0.3) is 0 Å². The molecule has 5 atom stereocenters. The molecule has 6 heteroatoms. The molecule has 66 valence electrons. The summed E-state index contributed by atoms with van der Waals surface area (Å²) in [7, 11) is 5.40. The average Bonchev–Trinajstić information content (AvgIpc) is 2.41. The van der Waals surface area contributed by atoms with E-state index in [4.69, 9.17) is 22.4 Å². The Morgan fingerprint density at radius 3 is 2.42 bits per heavy atom. The first-order chi connectivity index (χ1) is 5.62. The van der Waals surface area contributed by atoms with Crippen molar-refractivity contribution in [3.8, 4) is 0 Å². The molecule has 2 aliphatic heterocycles. The maximum Gasteiger partial charge on any atom is 0.189 e. The van der Waals surface area contributed by atoms with E-state index in [2.05, 4.69) is 0 Å². The van der Waals surface area contributed by atoms with Gasteiger partial charge in [0, 0.05) is 6.00 Å². The quantitative estimate of drug-likeness (QED) is 0.375. The maximum absolute atomic E-state index is 9.47. The van der Waals surface area contributed by atoms with E-state index in [1.165, 1.54) is 0 Å². The number of ether oxygens (including phenoxy) is 2. The second-order valence-electron chi connectivity index (χ2n) is 3.09. The number of hydrogen-bond donors (Lipinski definition) is 3. The molecule has 0 aromatic carbocycles. The SMILES string of the molecule is [B][C@@H]1O[C@@]2(CO)[C@H](O)O[C@@H]1[C@@H]2O. The molecule has 0 aliphatic carbocycles. The summed E-state index contributed by atoms with van der Waals surface area (Å²) in [6.45, 7) is -0.514. The first kappa shape index (κ1) is 8.46. The molecule has 2 heterocycles. The Bertz CT molecular complexity index is 200. The van der Waals surface area contributed by atoms with Crippen LogP contribution < -0.4 is 0 Å². The van der Waals surface area contributed by atoms with Gasteiger partial charge in [0.05, 0.1) is 6.61 Å². The molecule has 2 rings (SSSR count). The van der Waals surface area contributed by atoms with Crippen LogP contribution in [0.15, 0.2) is 0 Å². The molecule has 2 aliphatic rings. The molecule has 0 unspecified atom stereocenters. The molecule has 0 aromatic heterocycles. The fourth-order valence-corrected chi connectivity index (χ4v) is 1.68. The second-order valence-corrected chi connectivity index (χ2v) is 3.09. The van der Waals surface area contributed by atoms with Crippen LogP contribution in [0.4, 0.5) is 0 Å². The molecule has 12 heavy (non-hydrogen) atoms. The lowest BCUT2D eigenvalue weighted by atomic mass is 9.92. The topological polar surface area (TPSA) is 79.2 Å². The van der Waals surface area contributed by atoms with Gasteiger partial charge in [-0.15, -0.1) is 0 Å². The van der Waals surface area contributed by atoms with Gasteiger partial charge >= 0.3 is 0 Å². The summed E-state index contributed by atoms with van der Waals surface area (Å²) < 4.78 is 9.90. The zero-order valence-corrected chi connectivity index (χ0v) is 6.25. The maximum atomic E-state index is 9.47. The number of aliphatic hydroxyl groups is 3. The van der Waals surface area contributed by atoms with Gasteiger partial charge in [0.15, 0.2) is 11.9 Å². The van der Waals surface area contributed by atoms with Crippen molar-refractivity contribution < 1.29 is 24.8 Å². The molecule has 3 N–H and O–H groups in total. The second kappa shape index (κ2) is 2.43. The highest BCUT2D eigenvalue weighted by molar-refractivity contribution is 6.11. The molecule has 2 bridgehead atoms.